The summed E-state index contributed by atoms with van der Waals surface area (Å²) in [5, 5.41) is 7.48. The fourth-order valence-corrected chi connectivity index (χ4v) is 2.77. The van der Waals surface area contributed by atoms with Gasteiger partial charge in [0.2, 0.25) is 0 Å². The number of hydrogen-bond acceptors (Lipinski definition) is 4. The van der Waals surface area contributed by atoms with Gasteiger partial charge in [0.1, 0.15) is 5.69 Å². The number of nitrogens with one attached hydrogen (secondary N) is 2. The molecule has 2 heterocycles. The molecule has 0 aliphatic heterocycles. The van der Waals surface area contributed by atoms with Crippen molar-refractivity contribution in [1.82, 2.24) is 20.2 Å². The van der Waals surface area contributed by atoms with Gasteiger partial charge in [-0.1, -0.05) is 11.6 Å². The van der Waals surface area contributed by atoms with E-state index in [1.165, 1.54) is 12.3 Å². The number of rotatable bonds is 3. The zero-order chi connectivity index (χ0) is 16.8. The summed E-state index contributed by atoms with van der Waals surface area (Å²) < 4.78 is 37.3. The number of aromatic amines is 2. The maximum Gasteiger partial charge on any atom is 0.389 e. The van der Waals surface area contributed by atoms with Crippen LogP contribution < -0.4 is 11.2 Å². The molecule has 2 N–H and O–H groups in total. The standard InChI is InChI=1S/C13H10ClF3N4O2/c14-10-7(6-1-5(6)3-13(15,16)17)2-9(20-21-10)8-4-18-12(23)19-11(8)22/h2,4-6H,1,3H2,(H2,18,19,22,23)/t5-,6+/m0/s1. The molecule has 2 atom stereocenters. The van der Waals surface area contributed by atoms with Crippen LogP contribution in [0.3, 0.4) is 0 Å². The predicted octanol–water partition coefficient (Wildman–Crippen LogP) is 2.23. The van der Waals surface area contributed by atoms with Gasteiger partial charge in [-0.05, 0) is 29.9 Å². The Bertz CT molecular complexity index is 861. The van der Waals surface area contributed by atoms with Gasteiger partial charge in [0.25, 0.3) is 5.56 Å². The van der Waals surface area contributed by atoms with Gasteiger partial charge in [-0.15, -0.1) is 10.2 Å². The van der Waals surface area contributed by atoms with Crippen molar-refractivity contribution in [2.24, 2.45) is 5.92 Å². The lowest BCUT2D eigenvalue weighted by Gasteiger charge is -2.07. The van der Waals surface area contributed by atoms with Crippen molar-refractivity contribution in [2.75, 3.05) is 0 Å². The quantitative estimate of drug-likeness (QED) is 0.891. The van der Waals surface area contributed by atoms with Crippen LogP contribution in [-0.4, -0.2) is 26.3 Å². The van der Waals surface area contributed by atoms with E-state index < -0.39 is 29.8 Å². The van der Waals surface area contributed by atoms with Crippen LogP contribution in [0, 0.1) is 5.92 Å². The highest BCUT2D eigenvalue weighted by molar-refractivity contribution is 6.30. The normalized spacial score (nSPS) is 20.5. The van der Waals surface area contributed by atoms with Crippen LogP contribution in [0.25, 0.3) is 11.3 Å². The number of nitrogens with zero attached hydrogens (tertiary/aromatic N) is 2. The van der Waals surface area contributed by atoms with Crippen molar-refractivity contribution < 1.29 is 13.2 Å². The molecule has 1 aliphatic rings. The Morgan fingerprint density at radius 1 is 1.30 bits per heavy atom. The molecule has 0 aromatic carbocycles. The largest absolute Gasteiger partial charge is 0.389 e. The Balaban J connectivity index is 1.92. The monoisotopic (exact) mass is 346 g/mol. The molecule has 0 bridgehead atoms. The molecule has 23 heavy (non-hydrogen) atoms. The summed E-state index contributed by atoms with van der Waals surface area (Å²) in [6, 6.07) is 1.44. The zero-order valence-electron chi connectivity index (χ0n) is 11.4. The predicted molar refractivity (Wildman–Crippen MR) is 75.2 cm³/mol. The summed E-state index contributed by atoms with van der Waals surface area (Å²) in [6.45, 7) is 0. The second kappa shape index (κ2) is 5.48. The molecule has 1 aliphatic carbocycles. The smallest absolute Gasteiger partial charge is 0.313 e. The fraction of sp³-hybridized carbons (Fsp3) is 0.385. The number of hydrogen-bond donors (Lipinski definition) is 2. The van der Waals surface area contributed by atoms with Crippen molar-refractivity contribution in [3.8, 4) is 11.3 Å². The number of aromatic nitrogens is 4. The van der Waals surface area contributed by atoms with Gasteiger partial charge in [-0.2, -0.15) is 13.2 Å². The van der Waals surface area contributed by atoms with Gasteiger partial charge in [0.05, 0.1) is 5.56 Å². The van der Waals surface area contributed by atoms with E-state index in [-0.39, 0.29) is 22.3 Å². The van der Waals surface area contributed by atoms with Crippen molar-refractivity contribution >= 4 is 11.6 Å². The average molecular weight is 347 g/mol. The van der Waals surface area contributed by atoms with Crippen molar-refractivity contribution in [1.29, 1.82) is 0 Å². The van der Waals surface area contributed by atoms with Gasteiger partial charge in [0.15, 0.2) is 5.15 Å². The van der Waals surface area contributed by atoms with Gasteiger partial charge < -0.3 is 4.98 Å². The fourth-order valence-electron chi connectivity index (χ4n) is 2.53. The first kappa shape index (κ1) is 15.7. The Hall–Kier alpha value is -2.16. The van der Waals surface area contributed by atoms with E-state index in [0.29, 0.717) is 12.0 Å². The van der Waals surface area contributed by atoms with E-state index in [4.69, 9.17) is 11.6 Å². The highest BCUT2D eigenvalue weighted by atomic mass is 35.5. The molecule has 3 rings (SSSR count). The molecule has 2 aromatic rings. The van der Waals surface area contributed by atoms with Crippen molar-refractivity contribution in [3.05, 3.63) is 43.8 Å². The topological polar surface area (TPSA) is 91.5 Å². The molecular formula is C13H10ClF3N4O2. The van der Waals surface area contributed by atoms with Crippen LogP contribution in [-0.2, 0) is 0 Å². The van der Waals surface area contributed by atoms with Crippen molar-refractivity contribution in [3.63, 3.8) is 0 Å². The molecule has 0 amide bonds. The molecule has 0 unspecified atom stereocenters. The van der Waals surface area contributed by atoms with E-state index in [0.717, 1.165) is 0 Å². The van der Waals surface area contributed by atoms with E-state index >= 15 is 0 Å². The Labute approximate surface area is 131 Å². The molecule has 1 saturated carbocycles. The van der Waals surface area contributed by atoms with Crippen LogP contribution in [0.2, 0.25) is 5.15 Å². The molecule has 122 valence electrons. The van der Waals surface area contributed by atoms with Gasteiger partial charge >= 0.3 is 11.9 Å². The molecule has 0 saturated heterocycles. The molecule has 10 heteroatoms. The summed E-state index contributed by atoms with van der Waals surface area (Å²) in [5.74, 6) is -0.904. The molecule has 6 nitrogen and oxygen atoms in total. The third-order valence-corrected chi connectivity index (χ3v) is 3.98. The maximum atomic E-state index is 12.4. The van der Waals surface area contributed by atoms with E-state index in [9.17, 15) is 22.8 Å². The lowest BCUT2D eigenvalue weighted by Crippen LogP contribution is -2.23. The summed E-state index contributed by atoms with van der Waals surface area (Å²) in [6.07, 6.45) is -3.59. The molecule has 0 spiro atoms. The van der Waals surface area contributed by atoms with Gasteiger partial charge in [0, 0.05) is 12.6 Å². The second-order valence-corrected chi connectivity index (χ2v) is 5.74. The minimum atomic E-state index is -4.23. The van der Waals surface area contributed by atoms with Gasteiger partial charge in [-0.3, -0.25) is 9.78 Å². The zero-order valence-corrected chi connectivity index (χ0v) is 12.2. The maximum absolute atomic E-state index is 12.4. The van der Waals surface area contributed by atoms with Crippen molar-refractivity contribution in [2.45, 2.75) is 24.9 Å². The Kier molecular flexibility index (Phi) is 3.75. The SMILES string of the molecule is O=c1[nH]cc(-c2cc([C@@H]3C[C@H]3CC(F)(F)F)c(Cl)nn2)c(=O)[nH]1. The highest BCUT2D eigenvalue weighted by Gasteiger charge is 2.46. The van der Waals surface area contributed by atoms with Crippen LogP contribution in [0.1, 0.15) is 24.3 Å². The second-order valence-electron chi connectivity index (χ2n) is 5.38. The third kappa shape index (κ3) is 3.44. The lowest BCUT2D eigenvalue weighted by molar-refractivity contribution is -0.138. The van der Waals surface area contributed by atoms with Gasteiger partial charge in [-0.25, -0.2) is 4.79 Å². The summed E-state index contributed by atoms with van der Waals surface area (Å²) >= 11 is 5.92. The number of halogens is 4. The lowest BCUT2D eigenvalue weighted by atomic mass is 10.1. The average Bonchev–Trinajstić information content (AvgIpc) is 3.16. The summed E-state index contributed by atoms with van der Waals surface area (Å²) in [7, 11) is 0. The minimum Gasteiger partial charge on any atom is -0.313 e. The number of H-pyrrole nitrogens is 2. The van der Waals surface area contributed by atoms with Crippen LogP contribution in [0.5, 0.6) is 0 Å². The van der Waals surface area contributed by atoms with Crippen LogP contribution in [0.15, 0.2) is 21.9 Å². The van der Waals surface area contributed by atoms with E-state index in [1.807, 2.05) is 4.98 Å². The first-order chi connectivity index (χ1) is 10.7. The van der Waals surface area contributed by atoms with Crippen LogP contribution >= 0.6 is 11.6 Å². The summed E-state index contributed by atoms with van der Waals surface area (Å²) in [5.41, 5.74) is -0.716. The third-order valence-electron chi connectivity index (χ3n) is 3.69. The first-order valence-corrected chi connectivity index (χ1v) is 7.04. The molecule has 1 fully saturated rings. The highest BCUT2D eigenvalue weighted by Crippen LogP contribution is 2.54. The molecule has 0 radical (unpaired) electrons. The Morgan fingerprint density at radius 3 is 2.70 bits per heavy atom. The van der Waals surface area contributed by atoms with E-state index in [2.05, 4.69) is 15.2 Å². The minimum absolute atomic E-state index is 0.0178. The first-order valence-electron chi connectivity index (χ1n) is 6.67. The number of alkyl halides is 3. The van der Waals surface area contributed by atoms with Crippen LogP contribution in [0.4, 0.5) is 13.2 Å². The Morgan fingerprint density at radius 2 is 2.04 bits per heavy atom. The summed E-state index contributed by atoms with van der Waals surface area (Å²) in [4.78, 5) is 27.1. The molecular weight excluding hydrogens is 337 g/mol. The van der Waals surface area contributed by atoms with E-state index in [1.54, 1.807) is 0 Å². The molecule has 2 aromatic heterocycles.